The minimum absolute atomic E-state index is 0.0319. The van der Waals surface area contributed by atoms with Crippen LogP contribution in [0.5, 0.6) is 0 Å². The summed E-state index contributed by atoms with van der Waals surface area (Å²) in [5.41, 5.74) is 6.01. The molecule has 0 aliphatic carbocycles. The number of halogens is 2. The van der Waals surface area contributed by atoms with Gasteiger partial charge in [0.05, 0.1) is 11.6 Å². The molecule has 0 aliphatic rings. The number of benzene rings is 1. The third-order valence-corrected chi connectivity index (χ3v) is 4.63. The second-order valence-electron chi connectivity index (χ2n) is 3.67. The molecule has 0 saturated carbocycles. The molecule has 5 nitrogen and oxygen atoms in total. The number of ether oxygens (including phenoxy) is 1. The molecular weight excluding hydrogens is 311 g/mol. The third kappa shape index (κ3) is 4.59. The first kappa shape index (κ1) is 16.7. The number of nitrogens with two attached hydrogens (primary N) is 1. The largest absolute Gasteiger partial charge is 0.380 e. The summed E-state index contributed by atoms with van der Waals surface area (Å²) >= 11 is 11.8. The zero-order chi connectivity index (χ0) is 14.5. The third-order valence-electron chi connectivity index (χ3n) is 2.35. The van der Waals surface area contributed by atoms with E-state index >= 15 is 0 Å². The zero-order valence-corrected chi connectivity index (χ0v) is 12.8. The predicted molar refractivity (Wildman–Crippen MR) is 76.0 cm³/mol. The van der Waals surface area contributed by atoms with Crippen molar-refractivity contribution >= 4 is 33.2 Å². The van der Waals surface area contributed by atoms with Crippen molar-refractivity contribution in [3.63, 3.8) is 0 Å². The molecule has 0 amide bonds. The maximum Gasteiger partial charge on any atom is 0.242 e. The fourth-order valence-corrected chi connectivity index (χ4v) is 3.29. The highest BCUT2D eigenvalue weighted by Gasteiger charge is 2.19. The predicted octanol–water partition coefficient (Wildman–Crippen LogP) is 1.77. The summed E-state index contributed by atoms with van der Waals surface area (Å²) in [6.07, 6.45) is 0. The molecule has 1 aromatic carbocycles. The molecule has 19 heavy (non-hydrogen) atoms. The molecule has 0 aromatic heterocycles. The Balaban J connectivity index is 2.94. The quantitative estimate of drug-likeness (QED) is 0.748. The first-order valence-electron chi connectivity index (χ1n) is 5.67. The Morgan fingerprint density at radius 3 is 2.58 bits per heavy atom. The Labute approximate surface area is 123 Å². The molecule has 0 aliphatic heterocycles. The molecule has 0 atom stereocenters. The van der Waals surface area contributed by atoms with E-state index in [2.05, 4.69) is 4.72 Å². The van der Waals surface area contributed by atoms with Crippen molar-refractivity contribution in [1.82, 2.24) is 4.72 Å². The molecule has 0 heterocycles. The highest BCUT2D eigenvalue weighted by atomic mass is 35.5. The van der Waals surface area contributed by atoms with Gasteiger partial charge in [0.1, 0.15) is 4.90 Å². The zero-order valence-electron chi connectivity index (χ0n) is 10.4. The van der Waals surface area contributed by atoms with Crippen LogP contribution in [0.15, 0.2) is 17.0 Å². The number of hydrogen-bond donors (Lipinski definition) is 2. The lowest BCUT2D eigenvalue weighted by Crippen LogP contribution is -2.28. The van der Waals surface area contributed by atoms with E-state index < -0.39 is 10.0 Å². The van der Waals surface area contributed by atoms with Gasteiger partial charge >= 0.3 is 0 Å². The molecule has 0 unspecified atom stereocenters. The van der Waals surface area contributed by atoms with Crippen molar-refractivity contribution in [2.45, 2.75) is 18.4 Å². The van der Waals surface area contributed by atoms with Crippen LogP contribution in [0.4, 0.5) is 0 Å². The smallest absolute Gasteiger partial charge is 0.242 e. The van der Waals surface area contributed by atoms with Crippen molar-refractivity contribution in [3.8, 4) is 0 Å². The molecule has 108 valence electrons. The van der Waals surface area contributed by atoms with E-state index in [1.165, 1.54) is 12.1 Å². The average Bonchev–Trinajstić information content (AvgIpc) is 2.34. The van der Waals surface area contributed by atoms with Crippen LogP contribution in [-0.4, -0.2) is 28.2 Å². The lowest BCUT2D eigenvalue weighted by Gasteiger charge is -2.11. The summed E-state index contributed by atoms with van der Waals surface area (Å²) in [4.78, 5) is -0.0319. The summed E-state index contributed by atoms with van der Waals surface area (Å²) in [6, 6.07) is 2.76. The molecule has 0 fully saturated rings. The highest BCUT2D eigenvalue weighted by molar-refractivity contribution is 7.89. The molecule has 0 bridgehead atoms. The topological polar surface area (TPSA) is 81.4 Å². The van der Waals surface area contributed by atoms with Gasteiger partial charge < -0.3 is 10.5 Å². The van der Waals surface area contributed by atoms with Crippen LogP contribution in [0, 0.1) is 0 Å². The maximum absolute atomic E-state index is 12.1. The van der Waals surface area contributed by atoms with Gasteiger partial charge in [0.15, 0.2) is 0 Å². The SMILES string of the molecule is CCOCCNS(=O)(=O)c1cc(CN)c(Cl)cc1Cl. The standard InChI is InChI=1S/C11H16Cl2N2O3S/c1-2-18-4-3-15-19(16,17)11-5-8(7-14)9(12)6-10(11)13/h5-6,15H,2-4,7,14H2,1H3. The van der Waals surface area contributed by atoms with Crippen molar-refractivity contribution in [2.24, 2.45) is 5.73 Å². The highest BCUT2D eigenvalue weighted by Crippen LogP contribution is 2.28. The minimum Gasteiger partial charge on any atom is -0.380 e. The van der Waals surface area contributed by atoms with Crippen LogP contribution in [0.25, 0.3) is 0 Å². The first-order valence-corrected chi connectivity index (χ1v) is 7.91. The first-order chi connectivity index (χ1) is 8.92. The van der Waals surface area contributed by atoms with Gasteiger partial charge in [-0.15, -0.1) is 0 Å². The molecule has 1 rings (SSSR count). The Kier molecular flexibility index (Phi) is 6.52. The van der Waals surface area contributed by atoms with Gasteiger partial charge in [0, 0.05) is 24.7 Å². The van der Waals surface area contributed by atoms with E-state index in [4.69, 9.17) is 33.7 Å². The van der Waals surface area contributed by atoms with Gasteiger partial charge in [0.2, 0.25) is 10.0 Å². The fourth-order valence-electron chi connectivity index (χ4n) is 1.40. The van der Waals surface area contributed by atoms with Gasteiger partial charge in [-0.2, -0.15) is 0 Å². The van der Waals surface area contributed by atoms with Gasteiger partial charge in [0.25, 0.3) is 0 Å². The number of hydrogen-bond acceptors (Lipinski definition) is 4. The van der Waals surface area contributed by atoms with Crippen molar-refractivity contribution in [3.05, 3.63) is 27.7 Å². The average molecular weight is 327 g/mol. The van der Waals surface area contributed by atoms with Crippen LogP contribution in [0.2, 0.25) is 10.0 Å². The summed E-state index contributed by atoms with van der Waals surface area (Å²) < 4.78 is 31.6. The molecule has 8 heteroatoms. The lowest BCUT2D eigenvalue weighted by atomic mass is 10.2. The van der Waals surface area contributed by atoms with E-state index in [1.807, 2.05) is 6.92 Å². The minimum atomic E-state index is -3.70. The summed E-state index contributed by atoms with van der Waals surface area (Å²) in [5.74, 6) is 0. The molecule has 0 radical (unpaired) electrons. The summed E-state index contributed by atoms with van der Waals surface area (Å²) in [7, 11) is -3.70. The number of rotatable bonds is 7. The second-order valence-corrected chi connectivity index (χ2v) is 6.22. The van der Waals surface area contributed by atoms with E-state index in [0.29, 0.717) is 23.8 Å². The van der Waals surface area contributed by atoms with E-state index in [-0.39, 0.29) is 23.0 Å². The van der Waals surface area contributed by atoms with Gasteiger partial charge in [-0.05, 0) is 24.6 Å². The van der Waals surface area contributed by atoms with Crippen LogP contribution in [0.1, 0.15) is 12.5 Å². The lowest BCUT2D eigenvalue weighted by molar-refractivity contribution is 0.153. The fraction of sp³-hybridized carbons (Fsp3) is 0.455. The van der Waals surface area contributed by atoms with Crippen LogP contribution < -0.4 is 10.5 Å². The van der Waals surface area contributed by atoms with Gasteiger partial charge in [-0.25, -0.2) is 13.1 Å². The number of nitrogens with one attached hydrogen (secondary N) is 1. The number of sulfonamides is 1. The van der Waals surface area contributed by atoms with Crippen molar-refractivity contribution in [2.75, 3.05) is 19.8 Å². The van der Waals surface area contributed by atoms with E-state index in [1.54, 1.807) is 0 Å². The molecule has 0 spiro atoms. The van der Waals surface area contributed by atoms with Gasteiger partial charge in [-0.1, -0.05) is 23.2 Å². The van der Waals surface area contributed by atoms with Crippen LogP contribution >= 0.6 is 23.2 Å². The Hall–Kier alpha value is -0.370. The van der Waals surface area contributed by atoms with Crippen molar-refractivity contribution < 1.29 is 13.2 Å². The molecule has 0 saturated heterocycles. The van der Waals surface area contributed by atoms with Crippen molar-refractivity contribution in [1.29, 1.82) is 0 Å². The van der Waals surface area contributed by atoms with Crippen LogP contribution in [0.3, 0.4) is 0 Å². The van der Waals surface area contributed by atoms with Gasteiger partial charge in [-0.3, -0.25) is 0 Å². The summed E-state index contributed by atoms with van der Waals surface area (Å²) in [6.45, 7) is 2.97. The second kappa shape index (κ2) is 7.42. The molecule has 3 N–H and O–H groups in total. The van der Waals surface area contributed by atoms with E-state index in [9.17, 15) is 8.42 Å². The Morgan fingerprint density at radius 1 is 1.32 bits per heavy atom. The summed E-state index contributed by atoms with van der Waals surface area (Å²) in [5, 5.41) is 0.409. The Bertz CT molecular complexity index is 535. The maximum atomic E-state index is 12.1. The van der Waals surface area contributed by atoms with E-state index in [0.717, 1.165) is 0 Å². The van der Waals surface area contributed by atoms with Crippen LogP contribution in [-0.2, 0) is 21.3 Å². The Morgan fingerprint density at radius 2 is 2.00 bits per heavy atom. The monoisotopic (exact) mass is 326 g/mol. The normalized spacial score (nSPS) is 11.8. The molecular formula is C11H16Cl2N2O3S. The molecule has 1 aromatic rings.